The minimum atomic E-state index is -0.198. The van der Waals surface area contributed by atoms with Crippen molar-refractivity contribution in [3.05, 3.63) is 23.9 Å². The number of rotatable bonds is 6. The van der Waals surface area contributed by atoms with E-state index in [1.165, 1.54) is 6.20 Å². The Hall–Kier alpha value is -1.66. The lowest BCUT2D eigenvalue weighted by Gasteiger charge is -2.10. The standard InChI is InChI=1S/C13H18N2O4/c16-6-1-5-14-13(17)10-2-3-12(15-8-10)19-11-4-7-18-9-11/h2-3,8,11,16H,1,4-7,9H2,(H,14,17). The van der Waals surface area contributed by atoms with Gasteiger partial charge in [-0.1, -0.05) is 0 Å². The molecule has 0 aromatic carbocycles. The first-order chi connectivity index (χ1) is 9.29. The summed E-state index contributed by atoms with van der Waals surface area (Å²) in [4.78, 5) is 15.8. The number of aliphatic hydroxyl groups is 1. The molecule has 19 heavy (non-hydrogen) atoms. The summed E-state index contributed by atoms with van der Waals surface area (Å²) in [5, 5.41) is 11.3. The summed E-state index contributed by atoms with van der Waals surface area (Å²) < 4.78 is 10.8. The normalized spacial score (nSPS) is 18.3. The van der Waals surface area contributed by atoms with Crippen LogP contribution >= 0.6 is 0 Å². The van der Waals surface area contributed by atoms with Gasteiger partial charge < -0.3 is 19.9 Å². The summed E-state index contributed by atoms with van der Waals surface area (Å²) in [5.74, 6) is 0.305. The Balaban J connectivity index is 1.84. The zero-order valence-corrected chi connectivity index (χ0v) is 10.7. The average Bonchev–Trinajstić information content (AvgIpc) is 2.93. The van der Waals surface area contributed by atoms with E-state index in [9.17, 15) is 4.79 Å². The first kappa shape index (κ1) is 13.8. The summed E-state index contributed by atoms with van der Waals surface area (Å²) in [6.07, 6.45) is 2.95. The van der Waals surface area contributed by atoms with E-state index in [-0.39, 0.29) is 18.6 Å². The van der Waals surface area contributed by atoms with Crippen LogP contribution < -0.4 is 10.1 Å². The number of nitrogens with one attached hydrogen (secondary N) is 1. The van der Waals surface area contributed by atoms with Crippen LogP contribution in [0.25, 0.3) is 0 Å². The van der Waals surface area contributed by atoms with Crippen LogP contribution in [0.2, 0.25) is 0 Å². The quantitative estimate of drug-likeness (QED) is 0.727. The Morgan fingerprint density at radius 2 is 2.47 bits per heavy atom. The van der Waals surface area contributed by atoms with Crippen molar-refractivity contribution in [3.63, 3.8) is 0 Å². The van der Waals surface area contributed by atoms with Crippen LogP contribution in [-0.4, -0.2) is 48.5 Å². The fraction of sp³-hybridized carbons (Fsp3) is 0.538. The number of hydrogen-bond donors (Lipinski definition) is 2. The molecule has 0 bridgehead atoms. The van der Waals surface area contributed by atoms with Gasteiger partial charge in [0.1, 0.15) is 6.10 Å². The molecule has 104 valence electrons. The highest BCUT2D eigenvalue weighted by Crippen LogP contribution is 2.14. The molecular weight excluding hydrogens is 248 g/mol. The number of carbonyl (C=O) groups is 1. The maximum absolute atomic E-state index is 11.7. The number of nitrogens with zero attached hydrogens (tertiary/aromatic N) is 1. The zero-order chi connectivity index (χ0) is 13.5. The largest absolute Gasteiger partial charge is 0.472 e. The second-order valence-electron chi connectivity index (χ2n) is 4.32. The fourth-order valence-electron chi connectivity index (χ4n) is 1.74. The number of amides is 1. The van der Waals surface area contributed by atoms with Crippen molar-refractivity contribution < 1.29 is 19.4 Å². The van der Waals surface area contributed by atoms with Crippen LogP contribution in [0, 0.1) is 0 Å². The van der Waals surface area contributed by atoms with E-state index in [1.54, 1.807) is 12.1 Å². The molecule has 2 heterocycles. The van der Waals surface area contributed by atoms with E-state index in [2.05, 4.69) is 10.3 Å². The van der Waals surface area contributed by atoms with Gasteiger partial charge in [0.25, 0.3) is 5.91 Å². The van der Waals surface area contributed by atoms with Gasteiger partial charge in [-0.2, -0.15) is 0 Å². The third kappa shape index (κ3) is 4.18. The van der Waals surface area contributed by atoms with E-state index < -0.39 is 0 Å². The summed E-state index contributed by atoms with van der Waals surface area (Å²) in [7, 11) is 0. The molecule has 6 nitrogen and oxygen atoms in total. The number of hydrogen-bond acceptors (Lipinski definition) is 5. The van der Waals surface area contributed by atoms with Crippen molar-refractivity contribution in [2.24, 2.45) is 0 Å². The van der Waals surface area contributed by atoms with Crippen LogP contribution in [0.5, 0.6) is 5.88 Å². The van der Waals surface area contributed by atoms with Crippen molar-refractivity contribution in [1.29, 1.82) is 0 Å². The Labute approximate surface area is 111 Å². The molecule has 2 N–H and O–H groups in total. The van der Waals surface area contributed by atoms with Crippen LogP contribution in [-0.2, 0) is 4.74 Å². The molecular formula is C13H18N2O4. The van der Waals surface area contributed by atoms with Gasteiger partial charge >= 0.3 is 0 Å². The lowest BCUT2D eigenvalue weighted by atomic mass is 10.2. The van der Waals surface area contributed by atoms with Crippen molar-refractivity contribution in [1.82, 2.24) is 10.3 Å². The van der Waals surface area contributed by atoms with Crippen LogP contribution in [0.1, 0.15) is 23.2 Å². The van der Waals surface area contributed by atoms with Gasteiger partial charge in [0.15, 0.2) is 0 Å². The summed E-state index contributed by atoms with van der Waals surface area (Å²) >= 11 is 0. The Kier molecular flexibility index (Phi) is 5.11. The Morgan fingerprint density at radius 3 is 3.11 bits per heavy atom. The maximum atomic E-state index is 11.7. The highest BCUT2D eigenvalue weighted by atomic mass is 16.5. The summed E-state index contributed by atoms with van der Waals surface area (Å²) in [6, 6.07) is 3.35. The fourth-order valence-corrected chi connectivity index (χ4v) is 1.74. The van der Waals surface area contributed by atoms with E-state index in [1.807, 2.05) is 0 Å². The molecule has 1 aromatic rings. The smallest absolute Gasteiger partial charge is 0.252 e. The second kappa shape index (κ2) is 7.06. The van der Waals surface area contributed by atoms with E-state index >= 15 is 0 Å². The predicted molar refractivity (Wildman–Crippen MR) is 68.1 cm³/mol. The maximum Gasteiger partial charge on any atom is 0.252 e. The average molecular weight is 266 g/mol. The minimum Gasteiger partial charge on any atom is -0.472 e. The van der Waals surface area contributed by atoms with Gasteiger partial charge in [-0.05, 0) is 12.5 Å². The molecule has 0 saturated carbocycles. The molecule has 1 saturated heterocycles. The molecule has 1 amide bonds. The molecule has 1 unspecified atom stereocenters. The number of aliphatic hydroxyl groups excluding tert-OH is 1. The molecule has 1 aliphatic heterocycles. The van der Waals surface area contributed by atoms with Crippen LogP contribution in [0.3, 0.4) is 0 Å². The van der Waals surface area contributed by atoms with Gasteiger partial charge in [-0.3, -0.25) is 4.79 Å². The van der Waals surface area contributed by atoms with Crippen molar-refractivity contribution >= 4 is 5.91 Å². The second-order valence-corrected chi connectivity index (χ2v) is 4.32. The first-order valence-electron chi connectivity index (χ1n) is 6.39. The van der Waals surface area contributed by atoms with E-state index in [0.717, 1.165) is 13.0 Å². The number of carbonyl (C=O) groups excluding carboxylic acids is 1. The van der Waals surface area contributed by atoms with Gasteiger partial charge in [0, 0.05) is 31.8 Å². The molecule has 1 aliphatic rings. The monoisotopic (exact) mass is 266 g/mol. The number of ether oxygens (including phenoxy) is 2. The molecule has 1 atom stereocenters. The molecule has 0 radical (unpaired) electrons. The minimum absolute atomic E-state index is 0.0525. The Morgan fingerprint density at radius 1 is 1.58 bits per heavy atom. The number of pyridine rings is 1. The van der Waals surface area contributed by atoms with Crippen molar-refractivity contribution in [3.8, 4) is 5.88 Å². The topological polar surface area (TPSA) is 80.7 Å². The zero-order valence-electron chi connectivity index (χ0n) is 10.7. The molecule has 1 fully saturated rings. The third-order valence-corrected chi connectivity index (χ3v) is 2.79. The Bertz CT molecular complexity index is 402. The lowest BCUT2D eigenvalue weighted by Crippen LogP contribution is -2.25. The van der Waals surface area contributed by atoms with Gasteiger partial charge in [-0.25, -0.2) is 4.98 Å². The highest BCUT2D eigenvalue weighted by Gasteiger charge is 2.17. The van der Waals surface area contributed by atoms with Gasteiger partial charge in [0.2, 0.25) is 5.88 Å². The predicted octanol–water partition coefficient (Wildman–Crippen LogP) is 0.361. The van der Waals surface area contributed by atoms with Gasteiger partial charge in [0.05, 0.1) is 18.8 Å². The molecule has 0 spiro atoms. The molecule has 2 rings (SSSR count). The molecule has 0 aliphatic carbocycles. The SMILES string of the molecule is O=C(NCCCO)c1ccc(OC2CCOC2)nc1. The van der Waals surface area contributed by atoms with Crippen LogP contribution in [0.15, 0.2) is 18.3 Å². The molecule has 1 aromatic heterocycles. The highest BCUT2D eigenvalue weighted by molar-refractivity contribution is 5.93. The lowest BCUT2D eigenvalue weighted by molar-refractivity contribution is 0.0950. The van der Waals surface area contributed by atoms with Gasteiger partial charge in [-0.15, -0.1) is 0 Å². The van der Waals surface area contributed by atoms with E-state index in [0.29, 0.717) is 31.0 Å². The first-order valence-corrected chi connectivity index (χ1v) is 6.39. The van der Waals surface area contributed by atoms with Crippen molar-refractivity contribution in [2.45, 2.75) is 18.9 Å². The van der Waals surface area contributed by atoms with Crippen molar-refractivity contribution in [2.75, 3.05) is 26.4 Å². The third-order valence-electron chi connectivity index (χ3n) is 2.79. The number of aromatic nitrogens is 1. The molecule has 6 heteroatoms. The summed E-state index contributed by atoms with van der Waals surface area (Å²) in [5.41, 5.74) is 0.480. The van der Waals surface area contributed by atoms with E-state index in [4.69, 9.17) is 14.6 Å². The van der Waals surface area contributed by atoms with Crippen LogP contribution in [0.4, 0.5) is 0 Å². The summed E-state index contributed by atoms with van der Waals surface area (Å²) in [6.45, 7) is 1.82.